The maximum atomic E-state index is 13.2. The van der Waals surface area contributed by atoms with Gasteiger partial charge in [0.25, 0.3) is 0 Å². The van der Waals surface area contributed by atoms with Crippen molar-refractivity contribution in [2.24, 2.45) is 4.99 Å². The number of nitrogens with zero attached hydrogens (tertiary/aromatic N) is 1. The monoisotopic (exact) mass is 597 g/mol. The van der Waals surface area contributed by atoms with Crippen molar-refractivity contribution in [3.63, 3.8) is 0 Å². The van der Waals surface area contributed by atoms with Crippen LogP contribution in [0.2, 0.25) is 0 Å². The third-order valence-corrected chi connectivity index (χ3v) is 6.47. The molecule has 0 spiro atoms. The van der Waals surface area contributed by atoms with Crippen LogP contribution in [0.1, 0.15) is 65.1 Å². The Hall–Kier alpha value is -5.11. The highest BCUT2D eigenvalue weighted by molar-refractivity contribution is 6.30. The molecule has 14 nitrogen and oxygen atoms in total. The number of phenols is 2. The maximum Gasteiger partial charge on any atom is 0.305 e. The van der Waals surface area contributed by atoms with E-state index in [2.05, 4.69) is 4.99 Å². The molecular formula is C29H27NO13. The van der Waals surface area contributed by atoms with Crippen LogP contribution in [-0.2, 0) is 42.9 Å². The lowest BCUT2D eigenvalue weighted by atomic mass is 9.82. The second-order valence-corrected chi connectivity index (χ2v) is 9.69. The summed E-state index contributed by atoms with van der Waals surface area (Å²) in [7, 11) is 0. The van der Waals surface area contributed by atoms with E-state index >= 15 is 0 Å². The van der Waals surface area contributed by atoms with E-state index < -0.39 is 84.2 Å². The highest BCUT2D eigenvalue weighted by Crippen LogP contribution is 2.37. The van der Waals surface area contributed by atoms with Crippen LogP contribution < -0.4 is 0 Å². The number of rotatable bonds is 7. The van der Waals surface area contributed by atoms with Gasteiger partial charge in [0.05, 0.1) is 11.1 Å². The van der Waals surface area contributed by atoms with Gasteiger partial charge in [-0.05, 0) is 23.8 Å². The Kier molecular flexibility index (Phi) is 8.90. The first-order valence-corrected chi connectivity index (χ1v) is 12.9. The van der Waals surface area contributed by atoms with Crippen LogP contribution >= 0.6 is 0 Å². The number of aliphatic imine (C=N–C) groups is 1. The van der Waals surface area contributed by atoms with Crippen molar-refractivity contribution in [2.45, 2.75) is 58.3 Å². The number of ketones is 2. The van der Waals surface area contributed by atoms with Crippen LogP contribution in [0.25, 0.3) is 0 Å². The second kappa shape index (κ2) is 12.4. The van der Waals surface area contributed by atoms with E-state index in [1.54, 1.807) is 0 Å². The minimum atomic E-state index is -1.53. The Morgan fingerprint density at radius 2 is 1.44 bits per heavy atom. The molecule has 2 aromatic rings. The molecule has 1 fully saturated rings. The van der Waals surface area contributed by atoms with Crippen LogP contribution in [0.3, 0.4) is 0 Å². The molecule has 43 heavy (non-hydrogen) atoms. The Balaban J connectivity index is 1.76. The number of esters is 4. The van der Waals surface area contributed by atoms with Gasteiger partial charge in [-0.2, -0.15) is 0 Å². The van der Waals surface area contributed by atoms with Crippen molar-refractivity contribution in [2.75, 3.05) is 6.61 Å². The van der Waals surface area contributed by atoms with E-state index in [-0.39, 0.29) is 27.8 Å². The van der Waals surface area contributed by atoms with E-state index in [1.165, 1.54) is 24.3 Å². The van der Waals surface area contributed by atoms with Crippen LogP contribution in [0.4, 0.5) is 0 Å². The quantitative estimate of drug-likeness (QED) is 0.225. The van der Waals surface area contributed by atoms with Gasteiger partial charge in [0.1, 0.15) is 24.2 Å². The number of ether oxygens (including phenoxy) is 5. The molecule has 0 amide bonds. The van der Waals surface area contributed by atoms with Gasteiger partial charge in [0.2, 0.25) is 12.1 Å². The van der Waals surface area contributed by atoms with E-state index in [4.69, 9.17) is 23.7 Å². The summed E-state index contributed by atoms with van der Waals surface area (Å²) in [5.74, 6) is -5.46. The van der Waals surface area contributed by atoms with E-state index in [0.717, 1.165) is 40.0 Å². The van der Waals surface area contributed by atoms with Gasteiger partial charge in [-0.3, -0.25) is 33.8 Å². The molecule has 5 atom stereocenters. The zero-order valence-corrected chi connectivity index (χ0v) is 23.4. The Labute approximate surface area is 244 Å². The number of hydrogen-bond donors (Lipinski definition) is 2. The normalized spacial score (nSPS) is 22.7. The fraction of sp³-hybridized carbons (Fsp3) is 0.345. The van der Waals surface area contributed by atoms with Gasteiger partial charge < -0.3 is 33.9 Å². The highest BCUT2D eigenvalue weighted by atomic mass is 16.7. The second-order valence-electron chi connectivity index (χ2n) is 9.69. The molecule has 1 heterocycles. The molecule has 1 unspecified atom stereocenters. The Morgan fingerprint density at radius 1 is 0.814 bits per heavy atom. The standard InChI is InChI=1S/C29H27NO13/c1-12(31)39-11-21-27(40-13(2)32)28(41-14(3)33)24(29(43-21)42-15(4)34)30-10-16-8-18-23(20(36)9-16)26(38)22-17(25(18)37)6-5-7-19(22)35/h5-10,21,24,27-29,35-36H,11H2,1-4H3/t21-,24+,27+,28-,29?/m1/s1. The summed E-state index contributed by atoms with van der Waals surface area (Å²) < 4.78 is 26.9. The molecule has 2 aliphatic rings. The van der Waals surface area contributed by atoms with Gasteiger partial charge in [-0.15, -0.1) is 0 Å². The molecule has 226 valence electrons. The molecule has 0 bridgehead atoms. The van der Waals surface area contributed by atoms with Crippen molar-refractivity contribution in [3.05, 3.63) is 58.1 Å². The molecule has 1 saturated heterocycles. The number of fused-ring (bicyclic) bond motifs is 2. The third kappa shape index (κ3) is 6.54. The van der Waals surface area contributed by atoms with Crippen LogP contribution in [0, 0.1) is 0 Å². The first-order valence-electron chi connectivity index (χ1n) is 12.9. The lowest BCUT2D eigenvalue weighted by Crippen LogP contribution is -2.61. The molecule has 1 aliphatic heterocycles. The molecule has 2 aromatic carbocycles. The molecule has 14 heteroatoms. The minimum absolute atomic E-state index is 0.0560. The van der Waals surface area contributed by atoms with E-state index in [9.17, 15) is 39.0 Å². The van der Waals surface area contributed by atoms with Gasteiger partial charge in [-0.25, -0.2) is 0 Å². The zero-order valence-electron chi connectivity index (χ0n) is 23.4. The maximum absolute atomic E-state index is 13.2. The lowest BCUT2D eigenvalue weighted by molar-refractivity contribution is -0.266. The number of carbonyl (C=O) groups excluding carboxylic acids is 6. The first-order chi connectivity index (χ1) is 20.3. The minimum Gasteiger partial charge on any atom is -0.507 e. The number of hydrogen-bond acceptors (Lipinski definition) is 14. The summed E-state index contributed by atoms with van der Waals surface area (Å²) in [5.41, 5.74) is -0.646. The average molecular weight is 598 g/mol. The topological polar surface area (TPSA) is 201 Å². The summed E-state index contributed by atoms with van der Waals surface area (Å²) in [6.07, 6.45) is -4.40. The summed E-state index contributed by atoms with van der Waals surface area (Å²) >= 11 is 0. The summed E-state index contributed by atoms with van der Waals surface area (Å²) in [6, 6.07) is 5.07. The SMILES string of the molecule is CC(=O)OC[C@H]1OC(OC(C)=O)[C@@H](N=Cc2cc(O)c3c(c2)C(=O)c2cccc(O)c2C3=O)[C@@H](OC(C)=O)[C@H]1OC(C)=O. The molecule has 1 aliphatic carbocycles. The molecule has 4 rings (SSSR count). The van der Waals surface area contributed by atoms with Crippen LogP contribution in [0.5, 0.6) is 11.5 Å². The van der Waals surface area contributed by atoms with Crippen molar-refractivity contribution in [1.29, 1.82) is 0 Å². The molecule has 0 aromatic heterocycles. The fourth-order valence-corrected chi connectivity index (χ4v) is 4.85. The smallest absolute Gasteiger partial charge is 0.305 e. The Bertz CT molecular complexity index is 1550. The predicted octanol–water partition coefficient (Wildman–Crippen LogP) is 1.38. The van der Waals surface area contributed by atoms with Gasteiger partial charge in [-0.1, -0.05) is 12.1 Å². The zero-order chi connectivity index (χ0) is 31.6. The largest absolute Gasteiger partial charge is 0.507 e. The van der Waals surface area contributed by atoms with Gasteiger partial charge >= 0.3 is 23.9 Å². The van der Waals surface area contributed by atoms with Crippen molar-refractivity contribution in [3.8, 4) is 11.5 Å². The van der Waals surface area contributed by atoms with Crippen LogP contribution in [0.15, 0.2) is 35.3 Å². The molecular weight excluding hydrogens is 570 g/mol. The van der Waals surface area contributed by atoms with Crippen molar-refractivity contribution >= 4 is 41.7 Å². The van der Waals surface area contributed by atoms with E-state index in [1.807, 2.05) is 0 Å². The first kappa shape index (κ1) is 30.8. The fourth-order valence-electron chi connectivity index (χ4n) is 4.85. The number of carbonyl (C=O) groups is 6. The van der Waals surface area contributed by atoms with Crippen molar-refractivity contribution in [1.82, 2.24) is 0 Å². The summed E-state index contributed by atoms with van der Waals surface area (Å²) in [5, 5.41) is 20.9. The third-order valence-electron chi connectivity index (χ3n) is 6.47. The van der Waals surface area contributed by atoms with E-state index in [0.29, 0.717) is 0 Å². The van der Waals surface area contributed by atoms with Gasteiger partial charge in [0.15, 0.2) is 24.0 Å². The molecule has 0 saturated carbocycles. The summed E-state index contributed by atoms with van der Waals surface area (Å²) in [4.78, 5) is 78.1. The highest BCUT2D eigenvalue weighted by Gasteiger charge is 2.51. The Morgan fingerprint density at radius 3 is 2.07 bits per heavy atom. The molecule has 2 N–H and O–H groups in total. The number of phenolic OH excluding ortho intramolecular Hbond substituents is 2. The van der Waals surface area contributed by atoms with Gasteiger partial charge in [0, 0.05) is 45.0 Å². The number of aromatic hydroxyl groups is 2. The molecule has 0 radical (unpaired) electrons. The summed E-state index contributed by atoms with van der Waals surface area (Å²) in [6.45, 7) is 3.95. The average Bonchev–Trinajstić information content (AvgIpc) is 2.90. The van der Waals surface area contributed by atoms with Crippen molar-refractivity contribution < 1.29 is 62.7 Å². The van der Waals surface area contributed by atoms with Crippen LogP contribution in [-0.4, -0.2) is 89.1 Å². The lowest BCUT2D eigenvalue weighted by Gasteiger charge is -2.42. The predicted molar refractivity (Wildman–Crippen MR) is 143 cm³/mol. The number of benzene rings is 2.